The second-order valence-corrected chi connectivity index (χ2v) is 5.69. The van der Waals surface area contributed by atoms with Gasteiger partial charge in [0.15, 0.2) is 5.82 Å². The van der Waals surface area contributed by atoms with Crippen molar-refractivity contribution < 1.29 is 4.74 Å². The smallest absolute Gasteiger partial charge is 0.181 e. The van der Waals surface area contributed by atoms with Crippen molar-refractivity contribution in [3.63, 3.8) is 0 Å². The minimum atomic E-state index is 0.650. The molecule has 6 heteroatoms. The predicted octanol–water partition coefficient (Wildman–Crippen LogP) is 1.41. The lowest BCUT2D eigenvalue weighted by Crippen LogP contribution is -2.44. The molecule has 0 saturated carbocycles. The van der Waals surface area contributed by atoms with Crippen LogP contribution in [0.2, 0.25) is 0 Å². The van der Waals surface area contributed by atoms with Crippen molar-refractivity contribution in [3.05, 3.63) is 30.1 Å². The van der Waals surface area contributed by atoms with E-state index in [0.29, 0.717) is 6.61 Å². The molecule has 118 valence electrons. The molecule has 1 aromatic heterocycles. The number of hydrogen-bond acceptors (Lipinski definition) is 5. The molecule has 1 aliphatic heterocycles. The van der Waals surface area contributed by atoms with E-state index in [0.717, 1.165) is 49.8 Å². The number of nitrogens with zero attached hydrogens (tertiary/aromatic N) is 4. The summed E-state index contributed by atoms with van der Waals surface area (Å²) in [6.07, 6.45) is 0.753. The van der Waals surface area contributed by atoms with Crippen LogP contribution in [0.4, 0.5) is 5.69 Å². The van der Waals surface area contributed by atoms with Gasteiger partial charge in [-0.3, -0.25) is 5.10 Å². The number of likely N-dealkylation sites (N-methyl/N-ethyl adjacent to an activating group) is 1. The van der Waals surface area contributed by atoms with Gasteiger partial charge in [0.2, 0.25) is 0 Å². The van der Waals surface area contributed by atoms with Crippen molar-refractivity contribution >= 4 is 5.69 Å². The number of piperazine rings is 1. The second kappa shape index (κ2) is 6.89. The van der Waals surface area contributed by atoms with Gasteiger partial charge in [0.25, 0.3) is 0 Å². The summed E-state index contributed by atoms with van der Waals surface area (Å²) < 4.78 is 5.05. The Bertz CT molecular complexity index is 587. The van der Waals surface area contributed by atoms with E-state index in [-0.39, 0.29) is 0 Å². The Morgan fingerprint density at radius 1 is 1.14 bits per heavy atom. The van der Waals surface area contributed by atoms with E-state index in [9.17, 15) is 0 Å². The van der Waals surface area contributed by atoms with E-state index in [1.807, 2.05) is 0 Å². The van der Waals surface area contributed by atoms with Crippen LogP contribution < -0.4 is 4.90 Å². The highest BCUT2D eigenvalue weighted by molar-refractivity contribution is 5.60. The molecule has 0 aliphatic carbocycles. The fourth-order valence-corrected chi connectivity index (χ4v) is 2.62. The first kappa shape index (κ1) is 15.0. The third-order valence-electron chi connectivity index (χ3n) is 4.07. The van der Waals surface area contributed by atoms with E-state index in [2.05, 4.69) is 56.3 Å². The summed E-state index contributed by atoms with van der Waals surface area (Å²) in [7, 11) is 3.86. The topological polar surface area (TPSA) is 57.3 Å². The molecule has 1 saturated heterocycles. The molecular formula is C16H23N5O. The highest BCUT2D eigenvalue weighted by Gasteiger charge is 2.14. The Labute approximate surface area is 131 Å². The molecule has 0 bridgehead atoms. The van der Waals surface area contributed by atoms with Gasteiger partial charge in [-0.15, -0.1) is 0 Å². The highest BCUT2D eigenvalue weighted by atomic mass is 16.5. The molecule has 0 unspecified atom stereocenters. The summed E-state index contributed by atoms with van der Waals surface area (Å²) in [4.78, 5) is 9.29. The van der Waals surface area contributed by atoms with E-state index >= 15 is 0 Å². The fourth-order valence-electron chi connectivity index (χ4n) is 2.62. The number of aromatic nitrogens is 3. The molecule has 1 fully saturated rings. The summed E-state index contributed by atoms with van der Waals surface area (Å²) in [6, 6.07) is 8.51. The predicted molar refractivity (Wildman–Crippen MR) is 87.1 cm³/mol. The minimum absolute atomic E-state index is 0.650. The van der Waals surface area contributed by atoms with Gasteiger partial charge in [-0.2, -0.15) is 5.10 Å². The van der Waals surface area contributed by atoms with E-state index in [4.69, 9.17) is 4.74 Å². The lowest BCUT2D eigenvalue weighted by atomic mass is 10.1. The van der Waals surface area contributed by atoms with Crippen molar-refractivity contribution in [2.45, 2.75) is 6.42 Å². The zero-order chi connectivity index (χ0) is 15.4. The van der Waals surface area contributed by atoms with Crippen LogP contribution in [-0.4, -0.2) is 67.0 Å². The monoisotopic (exact) mass is 301 g/mol. The minimum Gasteiger partial charge on any atom is -0.384 e. The molecule has 0 amide bonds. The zero-order valence-corrected chi connectivity index (χ0v) is 13.2. The summed E-state index contributed by atoms with van der Waals surface area (Å²) >= 11 is 0. The van der Waals surface area contributed by atoms with Crippen molar-refractivity contribution in [1.82, 2.24) is 20.1 Å². The Balaban J connectivity index is 1.67. The SMILES string of the molecule is COCCc1nc(-c2ccc(N3CCN(C)CC3)cc2)n[nH]1. The number of benzene rings is 1. The Morgan fingerprint density at radius 2 is 1.86 bits per heavy atom. The normalized spacial score (nSPS) is 16.2. The molecular weight excluding hydrogens is 278 g/mol. The van der Waals surface area contributed by atoms with Crippen LogP contribution in [0.1, 0.15) is 5.82 Å². The molecule has 6 nitrogen and oxygen atoms in total. The number of ether oxygens (including phenoxy) is 1. The van der Waals surface area contributed by atoms with E-state index in [1.165, 1.54) is 5.69 Å². The number of nitrogens with one attached hydrogen (secondary N) is 1. The Morgan fingerprint density at radius 3 is 2.55 bits per heavy atom. The molecule has 1 aromatic carbocycles. The maximum Gasteiger partial charge on any atom is 0.181 e. The van der Waals surface area contributed by atoms with Crippen LogP contribution in [0.5, 0.6) is 0 Å². The largest absolute Gasteiger partial charge is 0.384 e. The van der Waals surface area contributed by atoms with Crippen LogP contribution in [0.3, 0.4) is 0 Å². The van der Waals surface area contributed by atoms with E-state index < -0.39 is 0 Å². The van der Waals surface area contributed by atoms with Gasteiger partial charge in [-0.1, -0.05) is 0 Å². The van der Waals surface area contributed by atoms with Gasteiger partial charge in [-0.25, -0.2) is 4.98 Å². The highest BCUT2D eigenvalue weighted by Crippen LogP contribution is 2.21. The van der Waals surface area contributed by atoms with Crippen LogP contribution in [-0.2, 0) is 11.2 Å². The first-order valence-corrected chi connectivity index (χ1v) is 7.70. The van der Waals surface area contributed by atoms with Crippen molar-refractivity contribution in [3.8, 4) is 11.4 Å². The molecule has 0 atom stereocenters. The maximum atomic E-state index is 5.05. The molecule has 1 N–H and O–H groups in total. The number of aromatic amines is 1. The zero-order valence-electron chi connectivity index (χ0n) is 13.2. The number of rotatable bonds is 5. The lowest BCUT2D eigenvalue weighted by molar-refractivity contribution is 0.200. The Hall–Kier alpha value is -1.92. The maximum absolute atomic E-state index is 5.05. The van der Waals surface area contributed by atoms with Gasteiger partial charge in [-0.05, 0) is 31.3 Å². The average molecular weight is 301 g/mol. The summed E-state index contributed by atoms with van der Waals surface area (Å²) in [5.41, 5.74) is 2.31. The van der Waals surface area contributed by atoms with Gasteiger partial charge in [0.1, 0.15) is 5.82 Å². The van der Waals surface area contributed by atoms with Crippen molar-refractivity contribution in [1.29, 1.82) is 0 Å². The van der Waals surface area contributed by atoms with Crippen LogP contribution in [0, 0.1) is 0 Å². The standard InChI is InChI=1S/C16H23N5O/c1-20-8-10-21(11-9-20)14-5-3-13(4-6-14)16-17-15(18-19-16)7-12-22-2/h3-6H,7-12H2,1-2H3,(H,17,18,19). The molecule has 0 radical (unpaired) electrons. The molecule has 0 spiro atoms. The van der Waals surface area contributed by atoms with Crippen LogP contribution in [0.15, 0.2) is 24.3 Å². The molecule has 1 aliphatic rings. The summed E-state index contributed by atoms with van der Waals surface area (Å²) in [5.74, 6) is 1.61. The molecule has 22 heavy (non-hydrogen) atoms. The summed E-state index contributed by atoms with van der Waals surface area (Å²) in [6.45, 7) is 5.05. The van der Waals surface area contributed by atoms with Gasteiger partial charge >= 0.3 is 0 Å². The third kappa shape index (κ3) is 3.45. The van der Waals surface area contributed by atoms with Crippen LogP contribution >= 0.6 is 0 Å². The van der Waals surface area contributed by atoms with Crippen molar-refractivity contribution in [2.24, 2.45) is 0 Å². The van der Waals surface area contributed by atoms with Gasteiger partial charge in [0, 0.05) is 51.0 Å². The number of methoxy groups -OCH3 is 1. The molecule has 3 rings (SSSR count). The Kier molecular flexibility index (Phi) is 4.70. The molecule has 2 heterocycles. The number of anilines is 1. The molecule has 2 aromatic rings. The third-order valence-corrected chi connectivity index (χ3v) is 4.07. The van der Waals surface area contributed by atoms with Gasteiger partial charge in [0.05, 0.1) is 6.61 Å². The quantitative estimate of drug-likeness (QED) is 0.905. The van der Waals surface area contributed by atoms with Gasteiger partial charge < -0.3 is 14.5 Å². The number of H-pyrrole nitrogens is 1. The van der Waals surface area contributed by atoms with Crippen LogP contribution in [0.25, 0.3) is 11.4 Å². The summed E-state index contributed by atoms with van der Waals surface area (Å²) in [5, 5.41) is 7.24. The first-order chi connectivity index (χ1) is 10.8. The first-order valence-electron chi connectivity index (χ1n) is 7.70. The fraction of sp³-hybridized carbons (Fsp3) is 0.500. The number of hydrogen-bond donors (Lipinski definition) is 1. The van der Waals surface area contributed by atoms with Crippen molar-refractivity contribution in [2.75, 3.05) is 51.8 Å². The lowest BCUT2D eigenvalue weighted by Gasteiger charge is -2.34. The van der Waals surface area contributed by atoms with E-state index in [1.54, 1.807) is 7.11 Å². The second-order valence-electron chi connectivity index (χ2n) is 5.69. The average Bonchev–Trinajstić information content (AvgIpc) is 3.03.